The van der Waals surface area contributed by atoms with Gasteiger partial charge in [-0.15, -0.1) is 0 Å². The average molecular weight is 382 g/mol. The van der Waals surface area contributed by atoms with Crippen LogP contribution in [-0.4, -0.2) is 45.9 Å². The van der Waals surface area contributed by atoms with Crippen LogP contribution < -0.4 is 10.1 Å². The Kier molecular flexibility index (Phi) is 6.23. The van der Waals surface area contributed by atoms with Crippen molar-refractivity contribution in [1.82, 2.24) is 14.9 Å². The smallest absolute Gasteiger partial charge is 0.272 e. The van der Waals surface area contributed by atoms with Crippen molar-refractivity contribution in [3.05, 3.63) is 47.8 Å². The van der Waals surface area contributed by atoms with Crippen LogP contribution in [0.15, 0.2) is 36.5 Å². The Labute approximate surface area is 165 Å². The van der Waals surface area contributed by atoms with E-state index in [1.807, 2.05) is 26.8 Å². The van der Waals surface area contributed by atoms with Crippen LogP contribution in [0.2, 0.25) is 0 Å². The summed E-state index contributed by atoms with van der Waals surface area (Å²) in [6.07, 6.45) is 3.21. The number of nitrogens with zero attached hydrogens (tertiary/aromatic N) is 3. The molecule has 3 heterocycles. The van der Waals surface area contributed by atoms with Crippen molar-refractivity contribution in [2.75, 3.05) is 18.4 Å². The molecule has 1 aliphatic rings. The van der Waals surface area contributed by atoms with Crippen molar-refractivity contribution in [1.29, 1.82) is 0 Å². The molecule has 7 nitrogen and oxygen atoms in total. The third-order valence-electron chi connectivity index (χ3n) is 4.54. The summed E-state index contributed by atoms with van der Waals surface area (Å²) in [6, 6.07) is 8.85. The molecule has 2 amide bonds. The van der Waals surface area contributed by atoms with E-state index in [0.717, 1.165) is 18.4 Å². The zero-order valence-corrected chi connectivity index (χ0v) is 16.5. The fourth-order valence-electron chi connectivity index (χ4n) is 3.15. The first-order chi connectivity index (χ1) is 13.4. The van der Waals surface area contributed by atoms with Gasteiger partial charge in [0, 0.05) is 25.4 Å². The van der Waals surface area contributed by atoms with Crippen LogP contribution in [0.3, 0.4) is 0 Å². The van der Waals surface area contributed by atoms with Gasteiger partial charge < -0.3 is 15.0 Å². The Morgan fingerprint density at radius 2 is 2.07 bits per heavy atom. The van der Waals surface area contributed by atoms with Gasteiger partial charge in [0.2, 0.25) is 11.8 Å². The molecule has 1 aliphatic heterocycles. The lowest BCUT2D eigenvalue weighted by Gasteiger charge is -2.31. The maximum absolute atomic E-state index is 12.9. The van der Waals surface area contributed by atoms with Gasteiger partial charge in [-0.2, -0.15) is 0 Å². The molecule has 7 heteroatoms. The Bertz CT molecular complexity index is 836. The van der Waals surface area contributed by atoms with Crippen LogP contribution in [-0.2, 0) is 4.79 Å². The van der Waals surface area contributed by atoms with Crippen molar-refractivity contribution in [2.24, 2.45) is 5.92 Å². The standard InChI is InChI=1S/C21H26N4O3/c1-14(2)28-19-8-4-7-17(23-19)21(27)25-11-5-6-16(13-25)20(26)24-18-10-9-15(3)12-22-18/h4,7-10,12,14,16H,5-6,11,13H2,1-3H3,(H,22,24,26). The molecule has 2 aromatic heterocycles. The summed E-state index contributed by atoms with van der Waals surface area (Å²) in [4.78, 5) is 35.7. The van der Waals surface area contributed by atoms with Crippen LogP contribution in [0, 0.1) is 12.8 Å². The topological polar surface area (TPSA) is 84.4 Å². The lowest BCUT2D eigenvalue weighted by molar-refractivity contribution is -0.121. The number of carbonyl (C=O) groups excluding carboxylic acids is 2. The van der Waals surface area contributed by atoms with E-state index in [4.69, 9.17) is 4.74 Å². The first-order valence-corrected chi connectivity index (χ1v) is 9.59. The molecule has 0 aliphatic carbocycles. The van der Waals surface area contributed by atoms with E-state index in [-0.39, 0.29) is 23.8 Å². The van der Waals surface area contributed by atoms with E-state index >= 15 is 0 Å². The molecule has 1 saturated heterocycles. The molecule has 0 radical (unpaired) electrons. The first-order valence-electron chi connectivity index (χ1n) is 9.59. The molecular formula is C21H26N4O3. The number of rotatable bonds is 5. The molecule has 0 spiro atoms. The summed E-state index contributed by atoms with van der Waals surface area (Å²) in [5.41, 5.74) is 1.36. The highest BCUT2D eigenvalue weighted by atomic mass is 16.5. The van der Waals surface area contributed by atoms with E-state index in [0.29, 0.717) is 30.5 Å². The molecule has 28 heavy (non-hydrogen) atoms. The van der Waals surface area contributed by atoms with Crippen molar-refractivity contribution >= 4 is 17.6 Å². The predicted octanol–water partition coefficient (Wildman–Crippen LogP) is 3.06. The number of amides is 2. The molecule has 3 rings (SSSR count). The second-order valence-electron chi connectivity index (χ2n) is 7.33. The summed E-state index contributed by atoms with van der Waals surface area (Å²) in [5.74, 6) is 0.395. The van der Waals surface area contributed by atoms with Gasteiger partial charge in [0.15, 0.2) is 0 Å². The molecule has 1 unspecified atom stereocenters. The third kappa shape index (κ3) is 5.06. The fourth-order valence-corrected chi connectivity index (χ4v) is 3.15. The maximum Gasteiger partial charge on any atom is 0.272 e. The van der Waals surface area contributed by atoms with Crippen molar-refractivity contribution in [3.8, 4) is 5.88 Å². The quantitative estimate of drug-likeness (QED) is 0.859. The SMILES string of the molecule is Cc1ccc(NC(=O)C2CCCN(C(=O)c3cccc(OC(C)C)n3)C2)nc1. The van der Waals surface area contributed by atoms with Crippen molar-refractivity contribution in [2.45, 2.75) is 39.7 Å². The van der Waals surface area contributed by atoms with Crippen LogP contribution in [0.4, 0.5) is 5.82 Å². The van der Waals surface area contributed by atoms with Gasteiger partial charge in [-0.3, -0.25) is 9.59 Å². The minimum absolute atomic E-state index is 0.0173. The van der Waals surface area contributed by atoms with Gasteiger partial charge in [0.25, 0.3) is 5.91 Å². The maximum atomic E-state index is 12.9. The number of ether oxygens (including phenoxy) is 1. The number of nitrogens with one attached hydrogen (secondary N) is 1. The number of pyridine rings is 2. The van der Waals surface area contributed by atoms with Gasteiger partial charge >= 0.3 is 0 Å². The predicted molar refractivity (Wildman–Crippen MR) is 106 cm³/mol. The molecule has 1 N–H and O–H groups in total. The van der Waals surface area contributed by atoms with E-state index in [1.165, 1.54) is 0 Å². The summed E-state index contributed by atoms with van der Waals surface area (Å²) in [6.45, 7) is 6.74. The first kappa shape index (κ1) is 19.8. The minimum Gasteiger partial charge on any atom is -0.475 e. The van der Waals surface area contributed by atoms with Crippen LogP contribution in [0.25, 0.3) is 0 Å². The minimum atomic E-state index is -0.268. The van der Waals surface area contributed by atoms with Gasteiger partial charge in [0.1, 0.15) is 11.5 Å². The number of hydrogen-bond donors (Lipinski definition) is 1. The summed E-state index contributed by atoms with van der Waals surface area (Å²) in [7, 11) is 0. The normalized spacial score (nSPS) is 16.7. The largest absolute Gasteiger partial charge is 0.475 e. The Morgan fingerprint density at radius 3 is 2.79 bits per heavy atom. The van der Waals surface area contributed by atoms with Gasteiger partial charge in [-0.05, 0) is 51.3 Å². The Balaban J connectivity index is 1.64. The number of aromatic nitrogens is 2. The number of aryl methyl sites for hydroxylation is 1. The molecule has 0 aromatic carbocycles. The van der Waals surface area contributed by atoms with Gasteiger partial charge in [-0.25, -0.2) is 9.97 Å². The number of hydrogen-bond acceptors (Lipinski definition) is 5. The number of carbonyl (C=O) groups is 2. The lowest BCUT2D eigenvalue weighted by atomic mass is 9.97. The lowest BCUT2D eigenvalue weighted by Crippen LogP contribution is -2.44. The molecule has 0 bridgehead atoms. The second kappa shape index (κ2) is 8.82. The highest BCUT2D eigenvalue weighted by molar-refractivity contribution is 5.95. The zero-order valence-electron chi connectivity index (χ0n) is 16.5. The van der Waals surface area contributed by atoms with Crippen LogP contribution in [0.1, 0.15) is 42.7 Å². The summed E-state index contributed by atoms with van der Waals surface area (Å²) < 4.78 is 5.57. The molecule has 148 valence electrons. The highest BCUT2D eigenvalue weighted by Gasteiger charge is 2.29. The molecule has 1 atom stereocenters. The summed E-state index contributed by atoms with van der Waals surface area (Å²) >= 11 is 0. The van der Waals surface area contributed by atoms with E-state index in [2.05, 4.69) is 15.3 Å². The van der Waals surface area contributed by atoms with E-state index in [1.54, 1.807) is 35.4 Å². The number of piperidine rings is 1. The number of anilines is 1. The van der Waals surface area contributed by atoms with Crippen molar-refractivity contribution in [3.63, 3.8) is 0 Å². The summed E-state index contributed by atoms with van der Waals surface area (Å²) in [5, 5.41) is 2.85. The van der Waals surface area contributed by atoms with E-state index < -0.39 is 0 Å². The highest BCUT2D eigenvalue weighted by Crippen LogP contribution is 2.21. The van der Waals surface area contributed by atoms with Crippen LogP contribution >= 0.6 is 0 Å². The fraction of sp³-hybridized carbons (Fsp3) is 0.429. The molecule has 2 aromatic rings. The Hall–Kier alpha value is -2.96. The monoisotopic (exact) mass is 382 g/mol. The third-order valence-corrected chi connectivity index (χ3v) is 4.54. The van der Waals surface area contributed by atoms with Gasteiger partial charge in [0.05, 0.1) is 12.0 Å². The average Bonchev–Trinajstić information content (AvgIpc) is 2.69. The Morgan fingerprint density at radius 1 is 1.25 bits per heavy atom. The van der Waals surface area contributed by atoms with Gasteiger partial charge in [-0.1, -0.05) is 12.1 Å². The second-order valence-corrected chi connectivity index (χ2v) is 7.33. The van der Waals surface area contributed by atoms with Crippen LogP contribution in [0.5, 0.6) is 5.88 Å². The number of likely N-dealkylation sites (tertiary alicyclic amines) is 1. The molecule has 0 saturated carbocycles. The molecular weight excluding hydrogens is 356 g/mol. The van der Waals surface area contributed by atoms with E-state index in [9.17, 15) is 9.59 Å². The zero-order chi connectivity index (χ0) is 20.1. The molecule has 1 fully saturated rings. The van der Waals surface area contributed by atoms with Crippen molar-refractivity contribution < 1.29 is 14.3 Å².